The fraction of sp³-hybridized carbons (Fsp3) is 0.600. The van der Waals surface area contributed by atoms with Crippen LogP contribution in [-0.2, 0) is 4.74 Å². The fourth-order valence-corrected chi connectivity index (χ4v) is 3.31. The zero-order valence-electron chi connectivity index (χ0n) is 10.6. The van der Waals surface area contributed by atoms with Crippen LogP contribution in [0.5, 0.6) is 0 Å². The van der Waals surface area contributed by atoms with Crippen molar-refractivity contribution in [2.24, 2.45) is 0 Å². The van der Waals surface area contributed by atoms with Gasteiger partial charge in [-0.1, -0.05) is 18.2 Å². The predicted octanol–water partition coefficient (Wildman–Crippen LogP) is 2.56. The third-order valence-corrected chi connectivity index (χ3v) is 4.28. The van der Waals surface area contributed by atoms with E-state index in [4.69, 9.17) is 4.74 Å². The lowest BCUT2D eigenvalue weighted by atomic mass is 9.74. The highest BCUT2D eigenvalue weighted by atomic mass is 16.5. The lowest BCUT2D eigenvalue weighted by Crippen LogP contribution is -2.60. The van der Waals surface area contributed by atoms with Gasteiger partial charge in [-0.15, -0.1) is 0 Å². The summed E-state index contributed by atoms with van der Waals surface area (Å²) in [5.74, 6) is 0. The van der Waals surface area contributed by atoms with Gasteiger partial charge >= 0.3 is 0 Å². The molecule has 98 valence electrons. The molecular weight excluding hydrogens is 226 g/mol. The van der Waals surface area contributed by atoms with E-state index in [0.29, 0.717) is 0 Å². The van der Waals surface area contributed by atoms with E-state index in [1.165, 1.54) is 0 Å². The Morgan fingerprint density at radius 3 is 2.83 bits per heavy atom. The minimum atomic E-state index is -0.688. The maximum atomic E-state index is 10.9. The zero-order valence-corrected chi connectivity index (χ0v) is 10.6. The minimum Gasteiger partial charge on any atom is -0.385 e. The van der Waals surface area contributed by atoms with Crippen molar-refractivity contribution in [3.63, 3.8) is 0 Å². The van der Waals surface area contributed by atoms with E-state index in [0.717, 1.165) is 44.4 Å². The third-order valence-electron chi connectivity index (χ3n) is 4.28. The van der Waals surface area contributed by atoms with Crippen LogP contribution in [0.15, 0.2) is 30.3 Å². The molecule has 3 atom stereocenters. The standard InChI is InChI=1S/C15H21NO2/c17-15-10-5-11-18-14(15)9-4-8-13(15)16-12-6-2-1-3-7-12/h1-3,6-7,13-14,16-17H,4-5,8-11H2/t13-,14+,15+/m0/s1. The second-order valence-electron chi connectivity index (χ2n) is 5.45. The summed E-state index contributed by atoms with van der Waals surface area (Å²) in [7, 11) is 0. The van der Waals surface area contributed by atoms with Gasteiger partial charge in [0.1, 0.15) is 5.60 Å². The van der Waals surface area contributed by atoms with E-state index in [-0.39, 0.29) is 12.1 Å². The molecule has 0 aromatic heterocycles. The van der Waals surface area contributed by atoms with Gasteiger partial charge in [0.15, 0.2) is 0 Å². The molecular formula is C15H21NO2. The summed E-state index contributed by atoms with van der Waals surface area (Å²) in [5, 5.41) is 14.4. The Labute approximate surface area is 108 Å². The SMILES string of the molecule is O[C@@]12CCCO[C@@H]1CCC[C@@H]2Nc1ccccc1. The summed E-state index contributed by atoms with van der Waals surface area (Å²) < 4.78 is 5.76. The summed E-state index contributed by atoms with van der Waals surface area (Å²) >= 11 is 0. The van der Waals surface area contributed by atoms with Gasteiger partial charge in [0.25, 0.3) is 0 Å². The second kappa shape index (κ2) is 4.90. The highest BCUT2D eigenvalue weighted by molar-refractivity contribution is 5.44. The van der Waals surface area contributed by atoms with E-state index in [1.807, 2.05) is 18.2 Å². The van der Waals surface area contributed by atoms with Crippen LogP contribution in [-0.4, -0.2) is 29.5 Å². The lowest BCUT2D eigenvalue weighted by Gasteiger charge is -2.48. The Morgan fingerprint density at radius 2 is 2.00 bits per heavy atom. The van der Waals surface area contributed by atoms with Crippen LogP contribution >= 0.6 is 0 Å². The average molecular weight is 247 g/mol. The molecule has 1 heterocycles. The largest absolute Gasteiger partial charge is 0.385 e. The fourth-order valence-electron chi connectivity index (χ4n) is 3.31. The average Bonchev–Trinajstić information content (AvgIpc) is 2.41. The Morgan fingerprint density at radius 1 is 1.17 bits per heavy atom. The highest BCUT2D eigenvalue weighted by Crippen LogP contribution is 2.38. The monoisotopic (exact) mass is 247 g/mol. The van der Waals surface area contributed by atoms with Gasteiger partial charge in [-0.2, -0.15) is 0 Å². The molecule has 1 saturated carbocycles. The van der Waals surface area contributed by atoms with Crippen LogP contribution < -0.4 is 5.32 Å². The van der Waals surface area contributed by atoms with Crippen molar-refractivity contribution in [1.82, 2.24) is 0 Å². The molecule has 0 bridgehead atoms. The number of nitrogens with one attached hydrogen (secondary N) is 1. The second-order valence-corrected chi connectivity index (χ2v) is 5.45. The first-order valence-corrected chi connectivity index (χ1v) is 6.94. The number of rotatable bonds is 2. The first kappa shape index (κ1) is 12.0. The van der Waals surface area contributed by atoms with Crippen LogP contribution in [0.25, 0.3) is 0 Å². The van der Waals surface area contributed by atoms with Gasteiger partial charge in [0, 0.05) is 12.3 Å². The minimum absolute atomic E-state index is 0.0150. The van der Waals surface area contributed by atoms with Crippen molar-refractivity contribution in [3.8, 4) is 0 Å². The molecule has 0 unspecified atom stereocenters. The van der Waals surface area contributed by atoms with E-state index in [1.54, 1.807) is 0 Å². The lowest BCUT2D eigenvalue weighted by molar-refractivity contribution is -0.168. The molecule has 1 aromatic carbocycles. The number of para-hydroxylation sites is 1. The number of aliphatic hydroxyl groups is 1. The Balaban J connectivity index is 1.78. The van der Waals surface area contributed by atoms with Crippen LogP contribution in [0.3, 0.4) is 0 Å². The topological polar surface area (TPSA) is 41.5 Å². The summed E-state index contributed by atoms with van der Waals surface area (Å²) in [6.07, 6.45) is 4.95. The zero-order chi connectivity index (χ0) is 12.4. The predicted molar refractivity (Wildman–Crippen MR) is 71.6 cm³/mol. The molecule has 1 aliphatic heterocycles. The first-order valence-electron chi connectivity index (χ1n) is 6.94. The van der Waals surface area contributed by atoms with Crippen LogP contribution in [0.1, 0.15) is 32.1 Å². The smallest absolute Gasteiger partial charge is 0.111 e. The molecule has 2 N–H and O–H groups in total. The molecule has 3 rings (SSSR count). The molecule has 1 aliphatic carbocycles. The van der Waals surface area contributed by atoms with E-state index in [2.05, 4.69) is 17.4 Å². The summed E-state index contributed by atoms with van der Waals surface area (Å²) in [6, 6.07) is 10.3. The molecule has 3 nitrogen and oxygen atoms in total. The van der Waals surface area contributed by atoms with Crippen molar-refractivity contribution < 1.29 is 9.84 Å². The Kier molecular flexibility index (Phi) is 3.27. The van der Waals surface area contributed by atoms with Crippen LogP contribution in [0.4, 0.5) is 5.69 Å². The Hall–Kier alpha value is -1.06. The molecule has 0 radical (unpaired) electrons. The number of benzene rings is 1. The maximum absolute atomic E-state index is 10.9. The number of hydrogen-bond acceptors (Lipinski definition) is 3. The third kappa shape index (κ3) is 2.13. The van der Waals surface area contributed by atoms with E-state index < -0.39 is 5.60 Å². The molecule has 0 spiro atoms. The van der Waals surface area contributed by atoms with Gasteiger partial charge in [0.05, 0.1) is 12.1 Å². The molecule has 3 heteroatoms. The highest BCUT2D eigenvalue weighted by Gasteiger charge is 2.48. The summed E-state index contributed by atoms with van der Waals surface area (Å²) in [6.45, 7) is 0.797. The van der Waals surface area contributed by atoms with E-state index >= 15 is 0 Å². The quantitative estimate of drug-likeness (QED) is 0.844. The molecule has 1 aromatic rings. The maximum Gasteiger partial charge on any atom is 0.111 e. The van der Waals surface area contributed by atoms with Crippen LogP contribution in [0, 0.1) is 0 Å². The van der Waals surface area contributed by atoms with Gasteiger partial charge < -0.3 is 15.2 Å². The van der Waals surface area contributed by atoms with Crippen molar-refractivity contribution in [3.05, 3.63) is 30.3 Å². The molecule has 18 heavy (non-hydrogen) atoms. The summed E-state index contributed by atoms with van der Waals surface area (Å²) in [5.41, 5.74) is 0.397. The molecule has 2 fully saturated rings. The van der Waals surface area contributed by atoms with Crippen molar-refractivity contribution in [2.45, 2.75) is 49.9 Å². The van der Waals surface area contributed by atoms with Crippen molar-refractivity contribution in [1.29, 1.82) is 0 Å². The van der Waals surface area contributed by atoms with Gasteiger partial charge in [0.2, 0.25) is 0 Å². The van der Waals surface area contributed by atoms with Crippen molar-refractivity contribution in [2.75, 3.05) is 11.9 Å². The molecule has 2 aliphatic rings. The van der Waals surface area contributed by atoms with Gasteiger partial charge in [-0.05, 0) is 44.2 Å². The van der Waals surface area contributed by atoms with Crippen LogP contribution in [0.2, 0.25) is 0 Å². The molecule has 0 amide bonds. The first-order chi connectivity index (χ1) is 8.79. The van der Waals surface area contributed by atoms with Gasteiger partial charge in [-0.3, -0.25) is 0 Å². The summed E-state index contributed by atoms with van der Waals surface area (Å²) in [4.78, 5) is 0. The Bertz CT molecular complexity index is 393. The van der Waals surface area contributed by atoms with E-state index in [9.17, 15) is 5.11 Å². The molecule has 1 saturated heterocycles. The number of anilines is 1. The number of hydrogen-bond donors (Lipinski definition) is 2. The number of ether oxygens (including phenoxy) is 1. The van der Waals surface area contributed by atoms with Gasteiger partial charge in [-0.25, -0.2) is 0 Å². The normalized spacial score (nSPS) is 35.8. The number of fused-ring (bicyclic) bond motifs is 1. The van der Waals surface area contributed by atoms with Crippen molar-refractivity contribution >= 4 is 5.69 Å².